The number of hydrogen-bond donors (Lipinski definition) is 6. The molecule has 1 fully saturated rings. The second-order valence-corrected chi connectivity index (χ2v) is 18.5. The number of hydrogen-bond acceptors (Lipinski definition) is 12. The lowest BCUT2D eigenvalue weighted by atomic mass is 10.1. The lowest BCUT2D eigenvalue weighted by Crippen LogP contribution is -2.46. The second kappa shape index (κ2) is 24.8. The fraction of sp³-hybridized carbons (Fsp3) is 0.767. The number of nitrogens with one attached hydrogen (secondary N) is 1. The summed E-state index contributed by atoms with van der Waals surface area (Å²) in [5.41, 5.74) is 10.5. The van der Waals surface area contributed by atoms with Crippen LogP contribution in [0, 0.1) is 5.41 Å². The summed E-state index contributed by atoms with van der Waals surface area (Å²) in [5.74, 6) is 0. The van der Waals surface area contributed by atoms with Crippen LogP contribution < -0.4 is 16.8 Å². The van der Waals surface area contributed by atoms with E-state index in [4.69, 9.17) is 40.1 Å². The van der Waals surface area contributed by atoms with Crippen LogP contribution in [0.2, 0.25) is 0 Å². The average molecular weight is 753 g/mol. The van der Waals surface area contributed by atoms with Crippen LogP contribution in [0.3, 0.4) is 0 Å². The van der Waals surface area contributed by atoms with Gasteiger partial charge in [0.05, 0.1) is 33.2 Å². The Labute approximate surface area is 289 Å². The van der Waals surface area contributed by atoms with Crippen molar-refractivity contribution in [3.8, 4) is 0 Å². The first-order chi connectivity index (χ1) is 21.1. The predicted molar refractivity (Wildman–Crippen MR) is 192 cm³/mol. The van der Waals surface area contributed by atoms with Gasteiger partial charge in [-0.15, -0.1) is 9.05 Å². The lowest BCUT2D eigenvalue weighted by molar-refractivity contribution is 0.131. The summed E-state index contributed by atoms with van der Waals surface area (Å²) in [5, 5.41) is 10.7. The van der Waals surface area contributed by atoms with Gasteiger partial charge in [-0.3, -0.25) is 9.13 Å². The molecule has 0 heterocycles. The molecule has 1 saturated carbocycles. The number of aliphatic hydroxyl groups is 1. The summed E-state index contributed by atoms with van der Waals surface area (Å²) < 4.78 is 55.0. The minimum absolute atomic E-state index is 0. The zero-order valence-electron chi connectivity index (χ0n) is 30.1. The molecule has 0 atom stereocenters. The number of alkyl carbamates (subject to hydrolysis) is 1. The highest BCUT2D eigenvalue weighted by atomic mass is 31.2. The van der Waals surface area contributed by atoms with Crippen LogP contribution >= 0.6 is 23.4 Å². The number of amides is 1. The van der Waals surface area contributed by atoms with Crippen LogP contribution in [-0.4, -0.2) is 85.0 Å². The first-order valence-electron chi connectivity index (χ1n) is 14.6. The van der Waals surface area contributed by atoms with Crippen molar-refractivity contribution in [2.24, 2.45) is 16.9 Å². The molecule has 0 saturated heterocycles. The number of carbonyl (C=O) groups excluding carboxylic acids is 1. The smallest absolute Gasteiger partial charge is 0.445 e. The molecular formula is C30H65N3O12P3+. The molecule has 0 radical (unpaired) electrons. The van der Waals surface area contributed by atoms with Gasteiger partial charge < -0.3 is 45.5 Å². The van der Waals surface area contributed by atoms with Gasteiger partial charge in [-0.2, -0.15) is 0 Å². The quantitative estimate of drug-likeness (QED) is 0.131. The Morgan fingerprint density at radius 3 is 1.52 bits per heavy atom. The van der Waals surface area contributed by atoms with E-state index in [1.165, 1.54) is 55.1 Å². The first-order valence-corrected chi connectivity index (χ1v) is 19.2. The molecule has 15 nitrogen and oxygen atoms in total. The summed E-state index contributed by atoms with van der Waals surface area (Å²) >= 11 is 0. The van der Waals surface area contributed by atoms with Crippen LogP contribution in [0.15, 0.2) is 30.3 Å². The van der Waals surface area contributed by atoms with Crippen molar-refractivity contribution < 1.29 is 56.2 Å². The van der Waals surface area contributed by atoms with E-state index in [1.54, 1.807) is 27.7 Å². The summed E-state index contributed by atoms with van der Waals surface area (Å²) in [7, 11) is -3.59. The normalized spacial score (nSPS) is 13.5. The number of rotatable bonds is 12. The lowest BCUT2D eigenvalue weighted by Gasteiger charge is -2.25. The van der Waals surface area contributed by atoms with Gasteiger partial charge in [-0.05, 0) is 65.4 Å². The van der Waals surface area contributed by atoms with Crippen LogP contribution in [-0.2, 0) is 43.1 Å². The third kappa shape index (κ3) is 39.1. The first kappa shape index (κ1) is 53.5. The van der Waals surface area contributed by atoms with Gasteiger partial charge in [0.1, 0.15) is 6.61 Å². The standard InChI is InChI=1S/C12H18NO5P.C6H16NO3P.C5H10.C4H11NO.C2H6O3P.CH4/c1-12(2,9-19(15,16)17)13-11(14)18-8-10-6-4-3-5-7-10;1-6(2,7)5-11(8,9-3)10-4;1-5(2)3-4-5;1-4(2,5)3-6;1-4-6(3)5-2;/h3-7H,8-9H2,1-2H3,(H,13,14)(H2,15,16,17);5,7H2,1-4H3;3-4H2,1-2H3;6H,3,5H2,1-2H3;1-2H3;1H4/q;;;;+1;. The fourth-order valence-corrected chi connectivity index (χ4v) is 5.28. The number of ether oxygens (including phenoxy) is 1. The SMILES string of the molecule is C.CC(C)(CP(=O)(O)O)NC(=O)OCc1ccccc1.CC(C)(N)CO.CC1(C)CC1.COP(=O)(CC(C)(C)N)OC.CO[P+](=O)OC. The van der Waals surface area contributed by atoms with Gasteiger partial charge in [0.2, 0.25) is 0 Å². The molecular weight excluding hydrogens is 687 g/mol. The molecule has 1 aromatic carbocycles. The van der Waals surface area contributed by atoms with E-state index < -0.39 is 52.3 Å². The Kier molecular flexibility index (Phi) is 27.6. The zero-order chi connectivity index (χ0) is 37.8. The molecule has 8 N–H and O–H groups in total. The monoisotopic (exact) mass is 752 g/mol. The van der Waals surface area contributed by atoms with Gasteiger partial charge in [0, 0.05) is 35.4 Å². The maximum Gasteiger partial charge on any atom is 0.696 e. The Hall–Kier alpha value is -1.31. The molecule has 18 heteroatoms. The van der Waals surface area contributed by atoms with Crippen molar-refractivity contribution in [1.29, 1.82) is 0 Å². The van der Waals surface area contributed by atoms with E-state index in [2.05, 4.69) is 28.2 Å². The van der Waals surface area contributed by atoms with Crippen molar-refractivity contribution in [1.82, 2.24) is 5.32 Å². The van der Waals surface area contributed by atoms with Gasteiger partial charge in [0.15, 0.2) is 0 Å². The van der Waals surface area contributed by atoms with Crippen LogP contribution in [0.4, 0.5) is 4.79 Å². The third-order valence-corrected chi connectivity index (χ3v) is 9.48. The predicted octanol–water partition coefficient (Wildman–Crippen LogP) is 6.17. The van der Waals surface area contributed by atoms with E-state index in [0.717, 1.165) is 11.0 Å². The van der Waals surface area contributed by atoms with E-state index in [0.29, 0.717) is 0 Å². The zero-order valence-corrected chi connectivity index (χ0v) is 32.8. The molecule has 1 amide bonds. The molecule has 0 aromatic heterocycles. The van der Waals surface area contributed by atoms with Crippen LogP contribution in [0.5, 0.6) is 0 Å². The molecule has 1 aromatic rings. The maximum absolute atomic E-state index is 11.5. The summed E-state index contributed by atoms with van der Waals surface area (Å²) in [6.45, 7) is 14.9. The van der Waals surface area contributed by atoms with E-state index in [1.807, 2.05) is 30.3 Å². The molecule has 1 aliphatic rings. The van der Waals surface area contributed by atoms with Crippen molar-refractivity contribution in [2.45, 2.75) is 98.9 Å². The van der Waals surface area contributed by atoms with Crippen molar-refractivity contribution in [3.63, 3.8) is 0 Å². The Morgan fingerprint density at radius 2 is 1.29 bits per heavy atom. The van der Waals surface area contributed by atoms with Crippen LogP contribution in [0.1, 0.15) is 81.2 Å². The minimum atomic E-state index is -4.19. The molecule has 0 spiro atoms. The third-order valence-electron chi connectivity index (χ3n) is 5.37. The second-order valence-electron chi connectivity index (χ2n) is 13.4. The minimum Gasteiger partial charge on any atom is -0.445 e. The van der Waals surface area contributed by atoms with Gasteiger partial charge >= 0.3 is 29.5 Å². The number of aliphatic hydroxyl groups excluding tert-OH is 1. The maximum atomic E-state index is 11.5. The Balaban J connectivity index is -0.000000282. The molecule has 1 aliphatic carbocycles. The van der Waals surface area contributed by atoms with E-state index in [-0.39, 0.29) is 26.8 Å². The highest BCUT2D eigenvalue weighted by molar-refractivity contribution is 7.53. The van der Waals surface area contributed by atoms with Gasteiger partial charge in [-0.1, -0.05) is 51.6 Å². The number of nitrogens with two attached hydrogens (primary N) is 2. The molecule has 0 aliphatic heterocycles. The Bertz CT molecular complexity index is 1080. The van der Waals surface area contributed by atoms with E-state index >= 15 is 0 Å². The number of benzene rings is 1. The van der Waals surface area contributed by atoms with E-state index in [9.17, 15) is 18.5 Å². The fourth-order valence-electron chi connectivity index (χ4n) is 2.62. The molecule has 48 heavy (non-hydrogen) atoms. The Morgan fingerprint density at radius 1 is 0.896 bits per heavy atom. The molecule has 0 unspecified atom stereocenters. The van der Waals surface area contributed by atoms with Crippen molar-refractivity contribution >= 4 is 29.5 Å². The van der Waals surface area contributed by atoms with Gasteiger partial charge in [0.25, 0.3) is 0 Å². The molecule has 2 rings (SSSR count). The van der Waals surface area contributed by atoms with Crippen LogP contribution in [0.25, 0.3) is 0 Å². The van der Waals surface area contributed by atoms with Crippen molar-refractivity contribution in [3.05, 3.63) is 35.9 Å². The topological polar surface area (TPSA) is 239 Å². The highest BCUT2D eigenvalue weighted by Crippen LogP contribution is 2.48. The summed E-state index contributed by atoms with van der Waals surface area (Å²) in [4.78, 5) is 29.3. The highest BCUT2D eigenvalue weighted by Gasteiger charge is 2.31. The average Bonchev–Trinajstić information content (AvgIpc) is 3.64. The summed E-state index contributed by atoms with van der Waals surface area (Å²) in [6.07, 6.45) is 1.98. The van der Waals surface area contributed by atoms with Gasteiger partial charge in [-0.25, -0.2) is 4.79 Å². The number of carbonyl (C=O) groups is 1. The largest absolute Gasteiger partial charge is 0.696 e. The molecule has 286 valence electrons. The molecule has 0 bridgehead atoms. The summed E-state index contributed by atoms with van der Waals surface area (Å²) in [6, 6.07) is 9.14. The van der Waals surface area contributed by atoms with Crippen molar-refractivity contribution in [2.75, 3.05) is 47.4 Å².